The fourth-order valence-corrected chi connectivity index (χ4v) is 4.48. The van der Waals surface area contributed by atoms with Gasteiger partial charge in [0.1, 0.15) is 0 Å². The fourth-order valence-electron chi connectivity index (χ4n) is 3.59. The number of nitrogens with zero attached hydrogens (tertiary/aromatic N) is 2. The van der Waals surface area contributed by atoms with Crippen molar-refractivity contribution in [1.82, 2.24) is 15.5 Å². The Morgan fingerprint density at radius 1 is 1.33 bits per heavy atom. The summed E-state index contributed by atoms with van der Waals surface area (Å²) in [5.74, 6) is 1.56. The monoisotopic (exact) mass is 394 g/mol. The van der Waals surface area contributed by atoms with Crippen molar-refractivity contribution in [1.29, 1.82) is 0 Å². The summed E-state index contributed by atoms with van der Waals surface area (Å²) in [6.07, 6.45) is 4.46. The maximum atomic E-state index is 5.81. The molecule has 0 saturated carbocycles. The molecule has 1 aromatic rings. The Labute approximate surface area is 167 Å². The Bertz CT molecular complexity index is 572. The van der Waals surface area contributed by atoms with Gasteiger partial charge in [-0.05, 0) is 48.6 Å². The molecule has 1 fully saturated rings. The Balaban J connectivity index is 1.20. The van der Waals surface area contributed by atoms with E-state index in [0.717, 1.165) is 84.4 Å². The number of guanidine groups is 1. The van der Waals surface area contributed by atoms with Gasteiger partial charge in [0.25, 0.3) is 0 Å². The summed E-state index contributed by atoms with van der Waals surface area (Å²) in [5.41, 5.74) is 1.51. The van der Waals surface area contributed by atoms with Crippen molar-refractivity contribution in [3.05, 3.63) is 21.9 Å². The van der Waals surface area contributed by atoms with E-state index in [4.69, 9.17) is 9.47 Å². The molecule has 6 nitrogen and oxygen atoms in total. The van der Waals surface area contributed by atoms with Crippen LogP contribution in [-0.2, 0) is 22.4 Å². The molecule has 0 unspecified atom stereocenters. The minimum atomic E-state index is 0.682. The van der Waals surface area contributed by atoms with Gasteiger partial charge in [0, 0.05) is 71.1 Å². The maximum absolute atomic E-state index is 5.81. The molecule has 2 N–H and O–H groups in total. The van der Waals surface area contributed by atoms with Crippen LogP contribution in [0.5, 0.6) is 0 Å². The topological polar surface area (TPSA) is 58.1 Å². The van der Waals surface area contributed by atoms with E-state index in [-0.39, 0.29) is 0 Å². The first-order valence-corrected chi connectivity index (χ1v) is 11.1. The highest BCUT2D eigenvalue weighted by atomic mass is 32.1. The van der Waals surface area contributed by atoms with E-state index in [9.17, 15) is 0 Å². The summed E-state index contributed by atoms with van der Waals surface area (Å²) < 4.78 is 11.2. The van der Waals surface area contributed by atoms with Crippen molar-refractivity contribution in [2.45, 2.75) is 32.2 Å². The van der Waals surface area contributed by atoms with Crippen LogP contribution in [0, 0.1) is 5.92 Å². The van der Waals surface area contributed by atoms with Crippen molar-refractivity contribution >= 4 is 17.3 Å². The Hall–Kier alpha value is -1.15. The zero-order valence-corrected chi connectivity index (χ0v) is 17.4. The van der Waals surface area contributed by atoms with E-state index in [0.29, 0.717) is 5.92 Å². The van der Waals surface area contributed by atoms with Crippen LogP contribution in [0.25, 0.3) is 0 Å². The van der Waals surface area contributed by atoms with Crippen LogP contribution in [0.2, 0.25) is 0 Å². The molecular weight excluding hydrogens is 360 g/mol. The van der Waals surface area contributed by atoms with Gasteiger partial charge in [0.05, 0.1) is 0 Å². The summed E-state index contributed by atoms with van der Waals surface area (Å²) in [6, 6.07) is 2.27. The van der Waals surface area contributed by atoms with Crippen LogP contribution >= 0.6 is 11.3 Å². The first-order chi connectivity index (χ1) is 13.3. The molecule has 0 aliphatic carbocycles. The number of ether oxygens (including phenoxy) is 2. The van der Waals surface area contributed by atoms with Crippen molar-refractivity contribution in [2.75, 3.05) is 59.7 Å². The summed E-state index contributed by atoms with van der Waals surface area (Å²) in [6.45, 7) is 8.55. The second kappa shape index (κ2) is 11.6. The minimum Gasteiger partial charge on any atom is -0.381 e. The molecule has 0 radical (unpaired) electrons. The number of fused-ring (bicyclic) bond motifs is 1. The van der Waals surface area contributed by atoms with E-state index in [1.165, 1.54) is 12.0 Å². The summed E-state index contributed by atoms with van der Waals surface area (Å²) >= 11 is 1.90. The van der Waals surface area contributed by atoms with Crippen LogP contribution in [0.1, 0.15) is 29.7 Å². The molecule has 7 heteroatoms. The van der Waals surface area contributed by atoms with Crippen LogP contribution in [0.3, 0.4) is 0 Å². The third-order valence-electron chi connectivity index (χ3n) is 5.28. The van der Waals surface area contributed by atoms with Gasteiger partial charge >= 0.3 is 0 Å². The highest BCUT2D eigenvalue weighted by Crippen LogP contribution is 2.23. The zero-order valence-electron chi connectivity index (χ0n) is 16.5. The lowest BCUT2D eigenvalue weighted by Crippen LogP contribution is -2.42. The lowest BCUT2D eigenvalue weighted by Gasteiger charge is -2.27. The molecule has 1 saturated heterocycles. The molecular formula is C20H34N4O2S. The number of thiophene rings is 1. The molecule has 0 amide bonds. The van der Waals surface area contributed by atoms with Crippen LogP contribution in [0.4, 0.5) is 0 Å². The van der Waals surface area contributed by atoms with Crippen molar-refractivity contribution in [2.24, 2.45) is 10.9 Å². The van der Waals surface area contributed by atoms with E-state index in [1.54, 1.807) is 4.88 Å². The molecule has 0 aromatic carbocycles. The molecule has 3 heterocycles. The molecule has 1 aromatic heterocycles. The molecule has 0 bridgehead atoms. The largest absolute Gasteiger partial charge is 0.381 e. The van der Waals surface area contributed by atoms with Crippen LogP contribution in [-0.4, -0.2) is 70.5 Å². The first-order valence-electron chi connectivity index (χ1n) is 10.2. The third-order valence-corrected chi connectivity index (χ3v) is 6.31. The average Bonchev–Trinajstić information content (AvgIpc) is 3.18. The summed E-state index contributed by atoms with van der Waals surface area (Å²) in [7, 11) is 1.83. The Morgan fingerprint density at radius 2 is 2.19 bits per heavy atom. The van der Waals surface area contributed by atoms with Crippen LogP contribution < -0.4 is 10.6 Å². The van der Waals surface area contributed by atoms with Gasteiger partial charge in [-0.15, -0.1) is 11.3 Å². The quantitative estimate of drug-likeness (QED) is 0.382. The number of hydrogen-bond acceptors (Lipinski definition) is 5. The second-order valence-electron chi connectivity index (χ2n) is 7.31. The fraction of sp³-hybridized carbons (Fsp3) is 0.750. The van der Waals surface area contributed by atoms with Crippen molar-refractivity contribution < 1.29 is 9.47 Å². The second-order valence-corrected chi connectivity index (χ2v) is 8.31. The summed E-state index contributed by atoms with van der Waals surface area (Å²) in [5, 5.41) is 9.02. The van der Waals surface area contributed by atoms with Crippen molar-refractivity contribution in [3.63, 3.8) is 0 Å². The van der Waals surface area contributed by atoms with Gasteiger partial charge in [0.2, 0.25) is 0 Å². The highest BCUT2D eigenvalue weighted by Gasteiger charge is 2.16. The molecule has 27 heavy (non-hydrogen) atoms. The maximum Gasteiger partial charge on any atom is 0.191 e. The SMILES string of the molecule is CN=C(NCCCOCC1CCOCC1)NCCN1CCc2sccc2C1. The van der Waals surface area contributed by atoms with Gasteiger partial charge in [-0.25, -0.2) is 0 Å². The predicted octanol–water partition coefficient (Wildman–Crippen LogP) is 2.10. The average molecular weight is 395 g/mol. The number of nitrogens with one attached hydrogen (secondary N) is 2. The summed E-state index contributed by atoms with van der Waals surface area (Å²) in [4.78, 5) is 8.39. The Morgan fingerprint density at radius 3 is 3.04 bits per heavy atom. The van der Waals surface area contributed by atoms with E-state index < -0.39 is 0 Å². The zero-order chi connectivity index (χ0) is 18.7. The smallest absolute Gasteiger partial charge is 0.191 e. The third kappa shape index (κ3) is 7.07. The normalized spacial score (nSPS) is 19.1. The van der Waals surface area contributed by atoms with Gasteiger partial charge < -0.3 is 20.1 Å². The van der Waals surface area contributed by atoms with Crippen LogP contribution in [0.15, 0.2) is 16.4 Å². The first kappa shape index (κ1) is 20.6. The number of aliphatic imine (C=N–C) groups is 1. The number of hydrogen-bond donors (Lipinski definition) is 2. The molecule has 0 spiro atoms. The number of rotatable bonds is 9. The predicted molar refractivity (Wildman–Crippen MR) is 112 cm³/mol. The highest BCUT2D eigenvalue weighted by molar-refractivity contribution is 7.10. The molecule has 152 valence electrons. The van der Waals surface area contributed by atoms with E-state index >= 15 is 0 Å². The Kier molecular flexibility index (Phi) is 8.87. The standard InChI is InChI=1S/C20H34N4O2S/c1-21-20(22-7-2-11-26-16-17-4-12-25-13-5-17)23-8-10-24-9-3-19-18(15-24)6-14-27-19/h6,14,17H,2-5,7-13,15-16H2,1H3,(H2,21,22,23). The molecule has 0 atom stereocenters. The molecule has 2 aliphatic rings. The molecule has 3 rings (SSSR count). The lowest BCUT2D eigenvalue weighted by molar-refractivity contribution is 0.0203. The van der Waals surface area contributed by atoms with Crippen molar-refractivity contribution in [3.8, 4) is 0 Å². The minimum absolute atomic E-state index is 0.682. The van der Waals surface area contributed by atoms with Gasteiger partial charge in [-0.2, -0.15) is 0 Å². The molecule has 2 aliphatic heterocycles. The van der Waals surface area contributed by atoms with Gasteiger partial charge in [0.15, 0.2) is 5.96 Å². The lowest BCUT2D eigenvalue weighted by atomic mass is 10.0. The van der Waals surface area contributed by atoms with E-state index in [2.05, 4.69) is 32.0 Å². The van der Waals surface area contributed by atoms with E-state index in [1.807, 2.05) is 18.4 Å². The van der Waals surface area contributed by atoms with Gasteiger partial charge in [-0.3, -0.25) is 9.89 Å². The van der Waals surface area contributed by atoms with Gasteiger partial charge in [-0.1, -0.05) is 0 Å².